The molecule has 0 saturated carbocycles. The molecule has 1 aromatic carbocycles. The van der Waals surface area contributed by atoms with E-state index in [1.54, 1.807) is 18.2 Å². The maximum atomic E-state index is 12.1. The van der Waals surface area contributed by atoms with Crippen LogP contribution in [0.3, 0.4) is 0 Å². The van der Waals surface area contributed by atoms with Crippen molar-refractivity contribution in [3.05, 3.63) is 51.7 Å². The first-order valence-electron chi connectivity index (χ1n) is 7.14. The van der Waals surface area contributed by atoms with E-state index in [1.165, 1.54) is 11.3 Å². The summed E-state index contributed by atoms with van der Waals surface area (Å²) in [6, 6.07) is 9.05. The number of carbonyl (C=O) groups excluding carboxylic acids is 2. The number of esters is 2. The summed E-state index contributed by atoms with van der Waals surface area (Å²) in [7, 11) is 0. The Hall–Kier alpha value is -2.60. The van der Waals surface area contributed by atoms with Gasteiger partial charge in [-0.2, -0.15) is 0 Å². The minimum atomic E-state index is -0.613. The van der Waals surface area contributed by atoms with Crippen molar-refractivity contribution in [2.75, 3.05) is 13.2 Å². The molecule has 0 aliphatic carbocycles. The summed E-state index contributed by atoms with van der Waals surface area (Å²) < 4.78 is 15.8. The summed E-state index contributed by atoms with van der Waals surface area (Å²) in [6.07, 6.45) is 0.381. The first kappa shape index (κ1) is 14.0. The Kier molecular flexibility index (Phi) is 3.38. The molecule has 0 spiro atoms. The summed E-state index contributed by atoms with van der Waals surface area (Å²) in [6.45, 7) is 0.958. The van der Waals surface area contributed by atoms with E-state index < -0.39 is 11.9 Å². The van der Waals surface area contributed by atoms with Crippen LogP contribution in [-0.4, -0.2) is 25.2 Å². The lowest BCUT2D eigenvalue weighted by Gasteiger charge is -2.18. The number of hydrogen-bond donors (Lipinski definition) is 0. The van der Waals surface area contributed by atoms with E-state index in [1.807, 2.05) is 17.5 Å². The highest BCUT2D eigenvalue weighted by atomic mass is 32.1. The zero-order valence-electron chi connectivity index (χ0n) is 12.0. The van der Waals surface area contributed by atoms with E-state index in [0.29, 0.717) is 47.8 Å². The molecule has 6 heteroatoms. The van der Waals surface area contributed by atoms with Crippen LogP contribution in [0, 0.1) is 0 Å². The van der Waals surface area contributed by atoms with Gasteiger partial charge in [0.15, 0.2) is 11.5 Å². The number of fused-ring (bicyclic) bond motifs is 1. The molecule has 23 heavy (non-hydrogen) atoms. The van der Waals surface area contributed by atoms with Crippen molar-refractivity contribution in [2.24, 2.45) is 0 Å². The molecule has 0 atom stereocenters. The lowest BCUT2D eigenvalue weighted by molar-refractivity contribution is -0.150. The van der Waals surface area contributed by atoms with E-state index in [4.69, 9.17) is 14.2 Å². The van der Waals surface area contributed by atoms with Gasteiger partial charge in [-0.15, -0.1) is 11.3 Å². The SMILES string of the molecule is O=C1OC(=O)C(c2ccc3c(c2)OCCO3)=C1Cc1cccs1. The Labute approximate surface area is 136 Å². The standard InChI is InChI=1S/C17H12O5S/c18-16-12(9-11-2-1-7-23-11)15(17(19)22-16)10-3-4-13-14(8-10)21-6-5-20-13/h1-4,7-8H,5-6,9H2. The van der Waals surface area contributed by atoms with Crippen LogP contribution in [0.2, 0.25) is 0 Å². The third-order valence-corrected chi connectivity index (χ3v) is 4.58. The summed E-state index contributed by atoms with van der Waals surface area (Å²) in [5.74, 6) is 0.0218. The average Bonchev–Trinajstić information content (AvgIpc) is 3.16. The van der Waals surface area contributed by atoms with E-state index >= 15 is 0 Å². The number of benzene rings is 1. The van der Waals surface area contributed by atoms with Crippen LogP contribution in [0.1, 0.15) is 10.4 Å². The van der Waals surface area contributed by atoms with Crippen LogP contribution >= 0.6 is 11.3 Å². The molecular weight excluding hydrogens is 316 g/mol. The van der Waals surface area contributed by atoms with Gasteiger partial charge in [0.2, 0.25) is 0 Å². The number of ether oxygens (including phenoxy) is 3. The summed E-state index contributed by atoms with van der Waals surface area (Å²) in [5, 5.41) is 1.93. The van der Waals surface area contributed by atoms with Crippen LogP contribution in [-0.2, 0) is 20.7 Å². The average molecular weight is 328 g/mol. The van der Waals surface area contributed by atoms with E-state index in [0.717, 1.165) is 4.88 Å². The van der Waals surface area contributed by atoms with Crippen molar-refractivity contribution in [3.63, 3.8) is 0 Å². The molecule has 0 bridgehead atoms. The fourth-order valence-corrected chi connectivity index (χ4v) is 3.38. The smallest absolute Gasteiger partial charge is 0.347 e. The molecule has 0 fully saturated rings. The van der Waals surface area contributed by atoms with Crippen molar-refractivity contribution < 1.29 is 23.8 Å². The summed E-state index contributed by atoms with van der Waals surface area (Å²) >= 11 is 1.54. The van der Waals surface area contributed by atoms with Gasteiger partial charge in [-0.25, -0.2) is 9.59 Å². The number of thiophene rings is 1. The third-order valence-electron chi connectivity index (χ3n) is 3.70. The van der Waals surface area contributed by atoms with Gasteiger partial charge in [0.25, 0.3) is 0 Å². The highest BCUT2D eigenvalue weighted by Crippen LogP contribution is 2.36. The predicted molar refractivity (Wildman–Crippen MR) is 83.5 cm³/mol. The monoisotopic (exact) mass is 328 g/mol. The quantitative estimate of drug-likeness (QED) is 0.640. The first-order valence-corrected chi connectivity index (χ1v) is 8.02. The van der Waals surface area contributed by atoms with Gasteiger partial charge in [-0.1, -0.05) is 12.1 Å². The van der Waals surface area contributed by atoms with E-state index in [-0.39, 0.29) is 0 Å². The Balaban J connectivity index is 1.78. The highest BCUT2D eigenvalue weighted by Gasteiger charge is 2.34. The largest absolute Gasteiger partial charge is 0.486 e. The second-order valence-corrected chi connectivity index (χ2v) is 6.18. The molecule has 5 nitrogen and oxygen atoms in total. The highest BCUT2D eigenvalue weighted by molar-refractivity contribution is 7.09. The Bertz CT molecular complexity index is 820. The number of hydrogen-bond acceptors (Lipinski definition) is 6. The molecule has 2 aliphatic rings. The van der Waals surface area contributed by atoms with Gasteiger partial charge in [0, 0.05) is 11.3 Å². The van der Waals surface area contributed by atoms with E-state index in [9.17, 15) is 9.59 Å². The van der Waals surface area contributed by atoms with Crippen LogP contribution < -0.4 is 9.47 Å². The van der Waals surface area contributed by atoms with Crippen LogP contribution in [0.5, 0.6) is 11.5 Å². The zero-order valence-corrected chi connectivity index (χ0v) is 12.9. The first-order chi connectivity index (χ1) is 11.2. The van der Waals surface area contributed by atoms with Gasteiger partial charge < -0.3 is 14.2 Å². The maximum absolute atomic E-state index is 12.1. The minimum absolute atomic E-state index is 0.306. The Morgan fingerprint density at radius 3 is 2.61 bits per heavy atom. The molecule has 116 valence electrons. The second-order valence-electron chi connectivity index (χ2n) is 5.15. The van der Waals surface area contributed by atoms with Crippen molar-refractivity contribution in [1.82, 2.24) is 0 Å². The molecule has 2 aliphatic heterocycles. The van der Waals surface area contributed by atoms with Crippen molar-refractivity contribution in [2.45, 2.75) is 6.42 Å². The lowest BCUT2D eigenvalue weighted by Crippen LogP contribution is -2.15. The van der Waals surface area contributed by atoms with Gasteiger partial charge in [0.1, 0.15) is 13.2 Å². The van der Waals surface area contributed by atoms with Crippen LogP contribution in [0.15, 0.2) is 41.3 Å². The minimum Gasteiger partial charge on any atom is -0.486 e. The van der Waals surface area contributed by atoms with Gasteiger partial charge in [-0.3, -0.25) is 0 Å². The van der Waals surface area contributed by atoms with Gasteiger partial charge in [0.05, 0.1) is 11.1 Å². The number of cyclic esters (lactones) is 2. The molecule has 0 N–H and O–H groups in total. The Morgan fingerprint density at radius 2 is 1.83 bits per heavy atom. The maximum Gasteiger partial charge on any atom is 0.347 e. The molecule has 0 radical (unpaired) electrons. The normalized spacial score (nSPS) is 16.7. The lowest BCUT2D eigenvalue weighted by atomic mass is 9.98. The van der Waals surface area contributed by atoms with Crippen molar-refractivity contribution in [3.8, 4) is 11.5 Å². The van der Waals surface area contributed by atoms with Crippen LogP contribution in [0.4, 0.5) is 0 Å². The molecule has 1 aromatic heterocycles. The molecule has 2 aromatic rings. The number of carbonyl (C=O) groups is 2. The third kappa shape index (κ3) is 2.51. The van der Waals surface area contributed by atoms with Crippen molar-refractivity contribution >= 4 is 28.8 Å². The fraction of sp³-hybridized carbons (Fsp3) is 0.176. The zero-order chi connectivity index (χ0) is 15.8. The molecule has 0 saturated heterocycles. The fourth-order valence-electron chi connectivity index (χ4n) is 2.66. The second kappa shape index (κ2) is 5.55. The molecular formula is C17H12O5S. The predicted octanol–water partition coefficient (Wildman–Crippen LogP) is 2.60. The molecule has 0 unspecified atom stereocenters. The molecule has 3 heterocycles. The topological polar surface area (TPSA) is 61.8 Å². The molecule has 0 amide bonds. The van der Waals surface area contributed by atoms with Crippen LogP contribution in [0.25, 0.3) is 5.57 Å². The van der Waals surface area contributed by atoms with Gasteiger partial charge in [-0.05, 0) is 29.1 Å². The van der Waals surface area contributed by atoms with Gasteiger partial charge >= 0.3 is 11.9 Å². The summed E-state index contributed by atoms with van der Waals surface area (Å²) in [4.78, 5) is 25.2. The van der Waals surface area contributed by atoms with E-state index in [2.05, 4.69) is 0 Å². The summed E-state index contributed by atoms with van der Waals surface area (Å²) in [5.41, 5.74) is 1.30. The molecule has 4 rings (SSSR count). The Morgan fingerprint density at radius 1 is 1.00 bits per heavy atom. The number of rotatable bonds is 3. The van der Waals surface area contributed by atoms with Crippen molar-refractivity contribution in [1.29, 1.82) is 0 Å².